The van der Waals surface area contributed by atoms with Crippen molar-refractivity contribution in [2.24, 2.45) is 5.92 Å². The van der Waals surface area contributed by atoms with Gasteiger partial charge in [-0.15, -0.1) is 0 Å². The molecule has 1 aromatic heterocycles. The molecular weight excluding hydrogens is 404 g/mol. The van der Waals surface area contributed by atoms with Gasteiger partial charge in [-0.3, -0.25) is 4.79 Å². The van der Waals surface area contributed by atoms with E-state index in [4.69, 9.17) is 4.52 Å². The highest BCUT2D eigenvalue weighted by molar-refractivity contribution is 7.89. The van der Waals surface area contributed by atoms with E-state index in [2.05, 4.69) is 14.9 Å². The molecule has 3 atom stereocenters. The van der Waals surface area contributed by atoms with Gasteiger partial charge >= 0.3 is 0 Å². The summed E-state index contributed by atoms with van der Waals surface area (Å²) in [6.45, 7) is 8.39. The van der Waals surface area contributed by atoms with Gasteiger partial charge in [0.15, 0.2) is 5.82 Å². The Morgan fingerprint density at radius 1 is 1.30 bits per heavy atom. The second-order valence-electron chi connectivity index (χ2n) is 8.64. The maximum atomic E-state index is 13.2. The second kappa shape index (κ2) is 7.46. The molecule has 1 saturated heterocycles. The molecule has 0 spiro atoms. The number of nitrogens with one attached hydrogen (secondary N) is 1. The maximum absolute atomic E-state index is 13.2. The minimum absolute atomic E-state index is 0.0196. The summed E-state index contributed by atoms with van der Waals surface area (Å²) >= 11 is 0. The van der Waals surface area contributed by atoms with Crippen LogP contribution in [-0.2, 0) is 15.4 Å². The molecule has 9 heteroatoms. The molecule has 0 bridgehead atoms. The Morgan fingerprint density at radius 3 is 2.70 bits per heavy atom. The lowest BCUT2D eigenvalue weighted by molar-refractivity contribution is 0.0773. The van der Waals surface area contributed by atoms with Gasteiger partial charge in [0.25, 0.3) is 5.91 Å². The highest BCUT2D eigenvalue weighted by Crippen LogP contribution is 2.50. The average molecular weight is 433 g/mol. The maximum Gasteiger partial charge on any atom is 0.253 e. The van der Waals surface area contributed by atoms with Crippen LogP contribution in [-0.4, -0.2) is 54.2 Å². The molecule has 2 heterocycles. The average Bonchev–Trinajstić information content (AvgIpc) is 3.35. The van der Waals surface area contributed by atoms with E-state index in [0.717, 1.165) is 11.1 Å². The van der Waals surface area contributed by atoms with Crippen molar-refractivity contribution in [1.82, 2.24) is 19.8 Å². The molecule has 2 aromatic rings. The van der Waals surface area contributed by atoms with Crippen molar-refractivity contribution in [3.8, 4) is 0 Å². The predicted octanol–water partition coefficient (Wildman–Crippen LogP) is 2.11. The zero-order chi connectivity index (χ0) is 21.7. The molecule has 162 valence electrons. The van der Waals surface area contributed by atoms with Gasteiger partial charge in [0, 0.05) is 24.7 Å². The van der Waals surface area contributed by atoms with E-state index in [9.17, 15) is 13.2 Å². The fourth-order valence-electron chi connectivity index (χ4n) is 4.84. The van der Waals surface area contributed by atoms with E-state index >= 15 is 0 Å². The SMILES string of the molecule is CCS(=O)(=O)N[C@@H]1CC2CN(C(=O)c3ccc(C)c(C)c3)C[C@@]2(c2nc(C)no2)C1. The minimum atomic E-state index is -3.32. The van der Waals surface area contributed by atoms with Crippen LogP contribution < -0.4 is 4.72 Å². The van der Waals surface area contributed by atoms with Gasteiger partial charge in [-0.05, 0) is 69.7 Å². The van der Waals surface area contributed by atoms with Crippen molar-refractivity contribution < 1.29 is 17.7 Å². The normalized spacial score (nSPS) is 26.2. The molecule has 2 fully saturated rings. The molecule has 1 aliphatic carbocycles. The molecular formula is C21H28N4O4S. The van der Waals surface area contributed by atoms with Gasteiger partial charge in [0.05, 0.1) is 11.2 Å². The predicted molar refractivity (Wildman–Crippen MR) is 112 cm³/mol. The number of aromatic nitrogens is 2. The lowest BCUT2D eigenvalue weighted by atomic mass is 9.80. The van der Waals surface area contributed by atoms with Gasteiger partial charge in [0.2, 0.25) is 15.9 Å². The Labute approximate surface area is 177 Å². The van der Waals surface area contributed by atoms with Gasteiger partial charge in [-0.1, -0.05) is 11.2 Å². The molecule has 0 radical (unpaired) electrons. The van der Waals surface area contributed by atoms with Crippen LogP contribution in [0.1, 0.15) is 53.0 Å². The first-order valence-electron chi connectivity index (χ1n) is 10.3. The molecule has 30 heavy (non-hydrogen) atoms. The number of sulfonamides is 1. The Bertz CT molecular complexity index is 1080. The number of hydrogen-bond donors (Lipinski definition) is 1. The summed E-state index contributed by atoms with van der Waals surface area (Å²) in [6.07, 6.45) is 1.17. The van der Waals surface area contributed by atoms with Gasteiger partial charge in [-0.2, -0.15) is 4.98 Å². The number of rotatable bonds is 5. The summed E-state index contributed by atoms with van der Waals surface area (Å²) in [7, 11) is -3.32. The van der Waals surface area contributed by atoms with Crippen LogP contribution in [0.3, 0.4) is 0 Å². The number of nitrogens with zero attached hydrogens (tertiary/aromatic N) is 3. The summed E-state index contributed by atoms with van der Waals surface area (Å²) in [5, 5.41) is 3.95. The number of carbonyl (C=O) groups excluding carboxylic acids is 1. The Kier molecular flexibility index (Phi) is 5.22. The van der Waals surface area contributed by atoms with E-state index in [1.54, 1.807) is 13.8 Å². The molecule has 2 aliphatic rings. The highest BCUT2D eigenvalue weighted by atomic mass is 32.2. The fraction of sp³-hybridized carbons (Fsp3) is 0.571. The molecule has 1 aromatic carbocycles. The topological polar surface area (TPSA) is 105 Å². The fourth-order valence-corrected chi connectivity index (χ4v) is 5.69. The Hall–Kier alpha value is -2.26. The zero-order valence-corrected chi connectivity index (χ0v) is 18.6. The van der Waals surface area contributed by atoms with Crippen molar-refractivity contribution in [1.29, 1.82) is 0 Å². The van der Waals surface area contributed by atoms with E-state index < -0.39 is 15.4 Å². The van der Waals surface area contributed by atoms with Gasteiger partial charge in [-0.25, -0.2) is 13.1 Å². The minimum Gasteiger partial charge on any atom is -0.339 e. The summed E-state index contributed by atoms with van der Waals surface area (Å²) < 4.78 is 32.6. The summed E-state index contributed by atoms with van der Waals surface area (Å²) in [5.41, 5.74) is 2.36. The van der Waals surface area contributed by atoms with Crippen LogP contribution in [0.25, 0.3) is 0 Å². The van der Waals surface area contributed by atoms with Crippen LogP contribution in [0.4, 0.5) is 0 Å². The third kappa shape index (κ3) is 3.65. The van der Waals surface area contributed by atoms with Crippen molar-refractivity contribution in [3.05, 3.63) is 46.6 Å². The molecule has 4 rings (SSSR count). The van der Waals surface area contributed by atoms with E-state index in [0.29, 0.717) is 43.2 Å². The second-order valence-corrected chi connectivity index (χ2v) is 10.7. The van der Waals surface area contributed by atoms with E-state index in [-0.39, 0.29) is 23.6 Å². The molecule has 8 nitrogen and oxygen atoms in total. The number of benzene rings is 1. The standard InChI is InChI=1S/C21H28N4O4S/c1-5-30(27,28)24-18-9-17-11-25(19(26)16-7-6-13(2)14(3)8-16)12-21(17,10-18)20-22-15(4)23-29-20/h6-8,17-18,24H,5,9-12H2,1-4H3/t17?,18-,21+/m1/s1. The number of aryl methyl sites for hydroxylation is 3. The summed E-state index contributed by atoms with van der Waals surface area (Å²) in [5.74, 6) is 1.11. The van der Waals surface area contributed by atoms with E-state index in [1.807, 2.05) is 36.9 Å². The van der Waals surface area contributed by atoms with Crippen molar-refractivity contribution in [2.45, 2.75) is 52.0 Å². The largest absolute Gasteiger partial charge is 0.339 e. The first-order valence-corrected chi connectivity index (χ1v) is 12.0. The van der Waals surface area contributed by atoms with Gasteiger partial charge in [0.1, 0.15) is 0 Å². The number of amides is 1. The lowest BCUT2D eigenvalue weighted by Crippen LogP contribution is -2.40. The smallest absolute Gasteiger partial charge is 0.253 e. The quantitative estimate of drug-likeness (QED) is 0.776. The van der Waals surface area contributed by atoms with Crippen LogP contribution in [0.2, 0.25) is 0 Å². The molecule has 1 aliphatic heterocycles. The Balaban J connectivity index is 1.62. The molecule has 1 saturated carbocycles. The first-order chi connectivity index (χ1) is 14.1. The van der Waals surface area contributed by atoms with Crippen molar-refractivity contribution in [2.75, 3.05) is 18.8 Å². The lowest BCUT2D eigenvalue weighted by Gasteiger charge is -2.25. The van der Waals surface area contributed by atoms with Crippen LogP contribution in [0.15, 0.2) is 22.7 Å². The molecule has 1 unspecified atom stereocenters. The Morgan fingerprint density at radius 2 is 2.07 bits per heavy atom. The van der Waals surface area contributed by atoms with Crippen molar-refractivity contribution in [3.63, 3.8) is 0 Å². The van der Waals surface area contributed by atoms with Crippen LogP contribution in [0, 0.1) is 26.7 Å². The first kappa shape index (κ1) is 21.0. The van der Waals surface area contributed by atoms with E-state index in [1.165, 1.54) is 0 Å². The third-order valence-corrected chi connectivity index (χ3v) is 8.05. The summed E-state index contributed by atoms with van der Waals surface area (Å²) in [6, 6.07) is 5.55. The highest BCUT2D eigenvalue weighted by Gasteiger charge is 2.58. The van der Waals surface area contributed by atoms with Gasteiger partial charge < -0.3 is 9.42 Å². The number of likely N-dealkylation sites (tertiary alicyclic amines) is 1. The van der Waals surface area contributed by atoms with Crippen molar-refractivity contribution >= 4 is 15.9 Å². The molecule has 1 amide bonds. The third-order valence-electron chi connectivity index (χ3n) is 6.60. The number of hydrogen-bond acceptors (Lipinski definition) is 6. The summed E-state index contributed by atoms with van der Waals surface area (Å²) in [4.78, 5) is 19.5. The number of carbonyl (C=O) groups is 1. The zero-order valence-electron chi connectivity index (χ0n) is 17.8. The van der Waals surface area contributed by atoms with Crippen LogP contribution in [0.5, 0.6) is 0 Å². The molecule has 1 N–H and O–H groups in total. The monoisotopic (exact) mass is 432 g/mol. The number of fused-ring (bicyclic) bond motifs is 1. The van der Waals surface area contributed by atoms with Crippen LogP contribution >= 0.6 is 0 Å².